The molecule has 0 aromatic heterocycles. The fourth-order valence-corrected chi connectivity index (χ4v) is 10.8. The summed E-state index contributed by atoms with van der Waals surface area (Å²) in [7, 11) is 1.57. The number of phosphoric ester groups is 1. The Balaban J connectivity index is 4.12. The summed E-state index contributed by atoms with van der Waals surface area (Å²) in [5.41, 5.74) is 0. The smallest absolute Gasteiger partial charge is 0.387 e. The first-order chi connectivity index (χ1) is 36.0. The van der Waals surface area contributed by atoms with E-state index in [4.69, 9.17) is 9.05 Å². The van der Waals surface area contributed by atoms with Gasteiger partial charge in [-0.2, -0.15) is 0 Å². The largest absolute Gasteiger partial charge is 0.472 e. The van der Waals surface area contributed by atoms with Crippen molar-refractivity contribution in [2.45, 2.75) is 347 Å². The van der Waals surface area contributed by atoms with Crippen molar-refractivity contribution < 1.29 is 32.9 Å². The highest BCUT2D eigenvalue weighted by atomic mass is 31.2. The number of phosphoric acid groups is 1. The average Bonchev–Trinajstić information content (AvgIpc) is 3.36. The van der Waals surface area contributed by atoms with Gasteiger partial charge in [0, 0.05) is 6.42 Å². The third-order valence-electron chi connectivity index (χ3n) is 15.2. The van der Waals surface area contributed by atoms with E-state index in [0.717, 1.165) is 38.5 Å². The van der Waals surface area contributed by atoms with Crippen molar-refractivity contribution in [2.75, 3.05) is 40.9 Å². The van der Waals surface area contributed by atoms with Crippen LogP contribution in [0.2, 0.25) is 0 Å². The van der Waals surface area contributed by atoms with Crippen molar-refractivity contribution in [3.8, 4) is 0 Å². The van der Waals surface area contributed by atoms with Crippen LogP contribution in [0.3, 0.4) is 0 Å². The molecule has 0 fully saturated rings. The number of allylic oxidation sites excluding steroid dienone is 3. The molecule has 440 valence electrons. The van der Waals surface area contributed by atoms with Gasteiger partial charge < -0.3 is 19.8 Å². The quantitative estimate of drug-likeness (QED) is 0.0243. The molecule has 0 spiro atoms. The van der Waals surface area contributed by atoms with Crippen molar-refractivity contribution in [2.24, 2.45) is 0 Å². The number of nitrogens with zero attached hydrogens (tertiary/aromatic N) is 1. The maximum atomic E-state index is 13.0. The van der Waals surface area contributed by atoms with Gasteiger partial charge in [-0.15, -0.1) is 0 Å². The molecule has 0 saturated carbocycles. The number of aliphatic hydroxyl groups excluding tert-OH is 1. The molecular weight excluding hydrogens is 936 g/mol. The van der Waals surface area contributed by atoms with Crippen molar-refractivity contribution in [1.29, 1.82) is 0 Å². The number of amides is 1. The number of likely N-dealkylation sites (N-methyl/N-ethyl adjacent to an activating group) is 1. The zero-order valence-electron chi connectivity index (χ0n) is 50.4. The van der Waals surface area contributed by atoms with Gasteiger partial charge in [0.1, 0.15) is 13.2 Å². The Morgan fingerprint density at radius 3 is 1.08 bits per heavy atom. The molecule has 0 bridgehead atoms. The standard InChI is InChI=1S/C65H129N2O6P/c1-6-8-10-12-14-16-18-20-22-24-26-28-30-31-32-33-34-35-36-37-38-40-42-44-46-48-50-52-54-56-58-64(68)63(62-73-74(70,71)72-61-60-67(3,4)5)66-65(69)59-57-55-53-51-49-47-45-43-41-39-29-27-25-23-21-19-17-15-13-11-9-7-2/h48,50,56,58,63-64,68H,6-47,49,51-55,57,59-62H2,1-5H3,(H-,66,69,70,71)/p+1/b50-48+,58-56+. The Labute approximate surface area is 462 Å². The minimum Gasteiger partial charge on any atom is -0.387 e. The molecule has 0 aliphatic carbocycles. The molecule has 0 aliphatic heterocycles. The molecule has 0 aliphatic rings. The van der Waals surface area contributed by atoms with Crippen LogP contribution in [-0.2, 0) is 18.4 Å². The molecule has 0 aromatic carbocycles. The van der Waals surface area contributed by atoms with Gasteiger partial charge in [-0.1, -0.05) is 321 Å². The van der Waals surface area contributed by atoms with E-state index in [0.29, 0.717) is 17.4 Å². The number of unbranched alkanes of at least 4 members (excludes halogenated alkanes) is 46. The van der Waals surface area contributed by atoms with E-state index in [-0.39, 0.29) is 19.1 Å². The first-order valence-electron chi connectivity index (χ1n) is 32.7. The molecule has 0 saturated heterocycles. The number of rotatable bonds is 61. The molecule has 74 heavy (non-hydrogen) atoms. The minimum atomic E-state index is -4.36. The van der Waals surface area contributed by atoms with Crippen LogP contribution in [0.1, 0.15) is 335 Å². The molecule has 3 unspecified atom stereocenters. The van der Waals surface area contributed by atoms with Crippen LogP contribution in [0, 0.1) is 0 Å². The number of carbonyl (C=O) groups is 1. The molecule has 0 rings (SSSR count). The van der Waals surface area contributed by atoms with Crippen molar-refractivity contribution >= 4 is 13.7 Å². The van der Waals surface area contributed by atoms with Gasteiger partial charge in [0.2, 0.25) is 5.91 Å². The lowest BCUT2D eigenvalue weighted by molar-refractivity contribution is -0.870. The van der Waals surface area contributed by atoms with Crippen LogP contribution in [-0.4, -0.2) is 73.4 Å². The van der Waals surface area contributed by atoms with E-state index in [2.05, 4.69) is 31.3 Å². The number of hydrogen-bond donors (Lipinski definition) is 3. The Morgan fingerprint density at radius 2 is 0.743 bits per heavy atom. The summed E-state index contributed by atoms with van der Waals surface area (Å²) >= 11 is 0. The average molecular weight is 1070 g/mol. The maximum Gasteiger partial charge on any atom is 0.472 e. The Bertz CT molecular complexity index is 1260. The summed E-state index contributed by atoms with van der Waals surface area (Å²) in [4.78, 5) is 23.4. The van der Waals surface area contributed by atoms with Crippen LogP contribution in [0.25, 0.3) is 0 Å². The highest BCUT2D eigenvalue weighted by Gasteiger charge is 2.28. The van der Waals surface area contributed by atoms with Crippen molar-refractivity contribution in [3.63, 3.8) is 0 Å². The van der Waals surface area contributed by atoms with Crippen molar-refractivity contribution in [1.82, 2.24) is 5.32 Å². The van der Waals surface area contributed by atoms with Gasteiger partial charge in [-0.05, 0) is 32.1 Å². The lowest BCUT2D eigenvalue weighted by Gasteiger charge is -2.25. The van der Waals surface area contributed by atoms with Crippen LogP contribution in [0.15, 0.2) is 24.3 Å². The van der Waals surface area contributed by atoms with E-state index in [1.807, 2.05) is 27.2 Å². The van der Waals surface area contributed by atoms with Crippen LogP contribution in [0.5, 0.6) is 0 Å². The summed E-state index contributed by atoms with van der Waals surface area (Å²) in [5, 5.41) is 14.0. The number of aliphatic hydroxyl groups is 1. The van der Waals surface area contributed by atoms with Crippen molar-refractivity contribution in [3.05, 3.63) is 24.3 Å². The topological polar surface area (TPSA) is 105 Å². The third kappa shape index (κ3) is 58.7. The number of nitrogens with one attached hydrogen (secondary N) is 1. The zero-order chi connectivity index (χ0) is 54.2. The van der Waals surface area contributed by atoms with Crippen LogP contribution < -0.4 is 5.32 Å². The van der Waals surface area contributed by atoms with Gasteiger partial charge in [0.05, 0.1) is 39.9 Å². The lowest BCUT2D eigenvalue weighted by atomic mass is 10.0. The summed E-state index contributed by atoms with van der Waals surface area (Å²) in [6, 6.07) is -0.861. The SMILES string of the molecule is CCCCCCCCCCCCCCCCCCCCCCCCCC/C=C/CC/C=C/C(O)C(COP(=O)(O)OCC[N+](C)(C)C)NC(=O)CCCCCCCCCCCCCCCCCCCCCCCC. The Morgan fingerprint density at radius 1 is 0.446 bits per heavy atom. The predicted octanol–water partition coefficient (Wildman–Crippen LogP) is 20.3. The Kier molecular flexibility index (Phi) is 55.9. The fourth-order valence-electron chi connectivity index (χ4n) is 10.1. The molecule has 3 atom stereocenters. The molecule has 0 heterocycles. The molecule has 3 N–H and O–H groups in total. The number of quaternary nitrogens is 1. The van der Waals surface area contributed by atoms with Gasteiger partial charge in [0.25, 0.3) is 0 Å². The van der Waals surface area contributed by atoms with Gasteiger partial charge in [-0.25, -0.2) is 4.57 Å². The zero-order valence-corrected chi connectivity index (χ0v) is 51.3. The molecule has 0 radical (unpaired) electrons. The van der Waals surface area contributed by atoms with E-state index in [1.54, 1.807) is 6.08 Å². The second-order valence-electron chi connectivity index (χ2n) is 23.8. The van der Waals surface area contributed by atoms with Gasteiger partial charge in [-0.3, -0.25) is 13.8 Å². The summed E-state index contributed by atoms with van der Waals surface area (Å²) in [6.45, 7) is 4.86. The molecule has 9 heteroatoms. The predicted molar refractivity (Wildman–Crippen MR) is 323 cm³/mol. The summed E-state index contributed by atoms with van der Waals surface area (Å²) in [5.74, 6) is -0.179. The van der Waals surface area contributed by atoms with E-state index in [1.165, 1.54) is 276 Å². The second kappa shape index (κ2) is 56.7. The molecule has 0 aromatic rings. The highest BCUT2D eigenvalue weighted by Crippen LogP contribution is 2.43. The van der Waals surface area contributed by atoms with Gasteiger partial charge >= 0.3 is 7.82 Å². The van der Waals surface area contributed by atoms with Gasteiger partial charge in [0.15, 0.2) is 0 Å². The Hall–Kier alpha value is -1.02. The third-order valence-corrected chi connectivity index (χ3v) is 16.2. The number of hydrogen-bond acceptors (Lipinski definition) is 5. The summed E-state index contributed by atoms with van der Waals surface area (Å²) < 4.78 is 23.8. The number of carbonyl (C=O) groups excluding carboxylic acids is 1. The van der Waals surface area contributed by atoms with Crippen LogP contribution in [0.4, 0.5) is 0 Å². The van der Waals surface area contributed by atoms with Crippen LogP contribution >= 0.6 is 7.82 Å². The minimum absolute atomic E-state index is 0.0590. The first-order valence-corrected chi connectivity index (χ1v) is 34.2. The monoisotopic (exact) mass is 1070 g/mol. The molecule has 1 amide bonds. The molecule has 8 nitrogen and oxygen atoms in total. The highest BCUT2D eigenvalue weighted by molar-refractivity contribution is 7.47. The first kappa shape index (κ1) is 73.0. The maximum absolute atomic E-state index is 13.0. The fraction of sp³-hybridized carbons (Fsp3) is 0.923. The van der Waals surface area contributed by atoms with E-state index >= 15 is 0 Å². The second-order valence-corrected chi connectivity index (χ2v) is 25.3. The lowest BCUT2D eigenvalue weighted by Crippen LogP contribution is -2.45. The van der Waals surface area contributed by atoms with E-state index in [9.17, 15) is 19.4 Å². The molecular formula is C65H130N2O6P+. The van der Waals surface area contributed by atoms with E-state index < -0.39 is 20.0 Å². The normalized spacial score (nSPS) is 13.9. The summed E-state index contributed by atoms with van der Waals surface area (Å²) in [6.07, 6.45) is 73.2.